The number of carbonyl (C=O) groups excluding carboxylic acids is 1. The standard InChI is InChI=1S/C18H17IN4O/c19-12-5-3-4-11(8-12)16(24)14-9-23(13-6-1-2-7-13)18-15(14)17(20)21-10-22-18/h3-5,8-10,13H,1-2,6-7H2,(H2,20,21,22). The van der Waals surface area contributed by atoms with Crippen molar-refractivity contribution in [1.29, 1.82) is 0 Å². The number of rotatable bonds is 3. The highest BCUT2D eigenvalue weighted by Crippen LogP contribution is 2.35. The van der Waals surface area contributed by atoms with E-state index >= 15 is 0 Å². The van der Waals surface area contributed by atoms with Gasteiger partial charge < -0.3 is 10.3 Å². The van der Waals surface area contributed by atoms with Crippen molar-refractivity contribution in [3.63, 3.8) is 0 Å². The number of aromatic nitrogens is 3. The third-order valence-electron chi connectivity index (χ3n) is 4.69. The topological polar surface area (TPSA) is 73.8 Å². The van der Waals surface area contributed by atoms with Crippen molar-refractivity contribution in [2.75, 3.05) is 5.73 Å². The summed E-state index contributed by atoms with van der Waals surface area (Å²) >= 11 is 2.21. The van der Waals surface area contributed by atoms with E-state index in [4.69, 9.17) is 5.73 Å². The average molecular weight is 432 g/mol. The first kappa shape index (κ1) is 15.6. The predicted octanol–water partition coefficient (Wildman–Crippen LogP) is 3.96. The average Bonchev–Trinajstić information content (AvgIpc) is 3.22. The lowest BCUT2D eigenvalue weighted by Crippen LogP contribution is -2.04. The van der Waals surface area contributed by atoms with Crippen molar-refractivity contribution < 1.29 is 4.79 Å². The molecule has 0 radical (unpaired) electrons. The molecule has 0 unspecified atom stereocenters. The van der Waals surface area contributed by atoms with Crippen molar-refractivity contribution in [1.82, 2.24) is 14.5 Å². The molecule has 2 aromatic heterocycles. The molecule has 0 atom stereocenters. The number of halogens is 1. The van der Waals surface area contributed by atoms with E-state index in [2.05, 4.69) is 37.1 Å². The number of hydrogen-bond acceptors (Lipinski definition) is 4. The van der Waals surface area contributed by atoms with E-state index in [9.17, 15) is 4.79 Å². The number of benzene rings is 1. The van der Waals surface area contributed by atoms with Gasteiger partial charge in [-0.25, -0.2) is 9.97 Å². The van der Waals surface area contributed by atoms with Crippen LogP contribution in [-0.2, 0) is 0 Å². The molecular formula is C18H17IN4O. The summed E-state index contributed by atoms with van der Waals surface area (Å²) in [4.78, 5) is 21.6. The second kappa shape index (κ2) is 6.16. The molecule has 0 bridgehead atoms. The van der Waals surface area contributed by atoms with Gasteiger partial charge in [-0.3, -0.25) is 4.79 Å². The first-order valence-corrected chi connectivity index (χ1v) is 9.14. The van der Waals surface area contributed by atoms with Crippen LogP contribution < -0.4 is 5.73 Å². The molecule has 1 aromatic carbocycles. The molecule has 1 aliphatic carbocycles. The molecule has 5 nitrogen and oxygen atoms in total. The maximum absolute atomic E-state index is 13.1. The summed E-state index contributed by atoms with van der Waals surface area (Å²) in [5.74, 6) is 0.336. The van der Waals surface area contributed by atoms with Crippen LogP contribution in [0.15, 0.2) is 36.8 Å². The van der Waals surface area contributed by atoms with E-state index in [-0.39, 0.29) is 5.78 Å². The number of carbonyl (C=O) groups is 1. The molecule has 1 fully saturated rings. The van der Waals surface area contributed by atoms with Crippen LogP contribution in [0.4, 0.5) is 5.82 Å². The van der Waals surface area contributed by atoms with E-state index in [1.165, 1.54) is 19.2 Å². The zero-order chi connectivity index (χ0) is 16.7. The number of nitrogens with two attached hydrogens (primary N) is 1. The summed E-state index contributed by atoms with van der Waals surface area (Å²) in [6.07, 6.45) is 8.06. The van der Waals surface area contributed by atoms with Gasteiger partial charge >= 0.3 is 0 Å². The minimum atomic E-state index is -0.0308. The monoisotopic (exact) mass is 432 g/mol. The van der Waals surface area contributed by atoms with Crippen LogP contribution >= 0.6 is 22.6 Å². The highest BCUT2D eigenvalue weighted by atomic mass is 127. The van der Waals surface area contributed by atoms with Gasteiger partial charge in [-0.2, -0.15) is 0 Å². The maximum atomic E-state index is 13.1. The molecule has 0 spiro atoms. The van der Waals surface area contributed by atoms with Crippen molar-refractivity contribution >= 4 is 45.2 Å². The molecule has 0 saturated heterocycles. The van der Waals surface area contributed by atoms with Crippen molar-refractivity contribution in [2.24, 2.45) is 0 Å². The predicted molar refractivity (Wildman–Crippen MR) is 102 cm³/mol. The summed E-state index contributed by atoms with van der Waals surface area (Å²) in [6, 6.07) is 7.98. The Bertz CT molecular complexity index is 928. The molecular weight excluding hydrogens is 415 g/mol. The van der Waals surface area contributed by atoms with E-state index in [0.29, 0.717) is 28.4 Å². The van der Waals surface area contributed by atoms with Gasteiger partial charge in [-0.05, 0) is 47.6 Å². The maximum Gasteiger partial charge on any atom is 0.195 e. The number of fused-ring (bicyclic) bond motifs is 1. The number of nitrogen functional groups attached to an aromatic ring is 1. The Balaban J connectivity index is 1.90. The van der Waals surface area contributed by atoms with E-state index in [0.717, 1.165) is 22.1 Å². The molecule has 0 amide bonds. The number of ketones is 1. The van der Waals surface area contributed by atoms with Crippen molar-refractivity contribution in [3.05, 3.63) is 51.5 Å². The fourth-order valence-electron chi connectivity index (χ4n) is 3.53. The quantitative estimate of drug-likeness (QED) is 0.502. The highest BCUT2D eigenvalue weighted by Gasteiger charge is 2.25. The molecule has 24 heavy (non-hydrogen) atoms. The minimum Gasteiger partial charge on any atom is -0.383 e. The molecule has 3 aromatic rings. The summed E-state index contributed by atoms with van der Waals surface area (Å²) in [6.45, 7) is 0. The van der Waals surface area contributed by atoms with Crippen LogP contribution in [0, 0.1) is 3.57 Å². The molecule has 2 heterocycles. The SMILES string of the molecule is Nc1ncnc2c1c(C(=O)c1cccc(I)c1)cn2C1CCCC1. The minimum absolute atomic E-state index is 0.0308. The Labute approximate surface area is 153 Å². The van der Waals surface area contributed by atoms with Gasteiger partial charge in [0, 0.05) is 21.4 Å². The summed E-state index contributed by atoms with van der Waals surface area (Å²) in [7, 11) is 0. The molecule has 6 heteroatoms. The normalized spacial score (nSPS) is 15.2. The summed E-state index contributed by atoms with van der Waals surface area (Å²) < 4.78 is 3.16. The van der Waals surface area contributed by atoms with Gasteiger partial charge in [0.2, 0.25) is 0 Å². The van der Waals surface area contributed by atoms with Gasteiger partial charge in [0.1, 0.15) is 17.8 Å². The largest absolute Gasteiger partial charge is 0.383 e. The molecule has 1 saturated carbocycles. The van der Waals surface area contributed by atoms with E-state index in [1.54, 1.807) is 0 Å². The van der Waals surface area contributed by atoms with Gasteiger partial charge in [0.05, 0.1) is 10.9 Å². The van der Waals surface area contributed by atoms with Crippen LogP contribution in [-0.4, -0.2) is 20.3 Å². The molecule has 1 aliphatic rings. The third kappa shape index (κ3) is 2.58. The Morgan fingerprint density at radius 3 is 2.79 bits per heavy atom. The van der Waals surface area contributed by atoms with Crippen LogP contribution in [0.25, 0.3) is 11.0 Å². The second-order valence-corrected chi connectivity index (χ2v) is 7.43. The Hall–Kier alpha value is -1.96. The van der Waals surface area contributed by atoms with Gasteiger partial charge in [-0.15, -0.1) is 0 Å². The van der Waals surface area contributed by atoms with Gasteiger partial charge in [0.15, 0.2) is 5.78 Å². The van der Waals surface area contributed by atoms with Crippen LogP contribution in [0.2, 0.25) is 0 Å². The molecule has 4 rings (SSSR count). The number of nitrogens with zero attached hydrogens (tertiary/aromatic N) is 3. The van der Waals surface area contributed by atoms with Crippen molar-refractivity contribution in [3.8, 4) is 0 Å². The van der Waals surface area contributed by atoms with Crippen LogP contribution in [0.1, 0.15) is 47.6 Å². The highest BCUT2D eigenvalue weighted by molar-refractivity contribution is 14.1. The first-order valence-electron chi connectivity index (χ1n) is 8.06. The Morgan fingerprint density at radius 1 is 1.25 bits per heavy atom. The Kier molecular flexibility index (Phi) is 3.99. The zero-order valence-electron chi connectivity index (χ0n) is 13.1. The second-order valence-electron chi connectivity index (χ2n) is 6.19. The van der Waals surface area contributed by atoms with Gasteiger partial charge in [0.25, 0.3) is 0 Å². The third-order valence-corrected chi connectivity index (χ3v) is 5.36. The number of hydrogen-bond donors (Lipinski definition) is 1. The van der Waals surface area contributed by atoms with Crippen LogP contribution in [0.3, 0.4) is 0 Å². The lowest BCUT2D eigenvalue weighted by Gasteiger charge is -2.12. The van der Waals surface area contributed by atoms with E-state index in [1.807, 2.05) is 30.5 Å². The fourth-order valence-corrected chi connectivity index (χ4v) is 4.07. The van der Waals surface area contributed by atoms with E-state index < -0.39 is 0 Å². The lowest BCUT2D eigenvalue weighted by atomic mass is 10.0. The Morgan fingerprint density at radius 2 is 2.04 bits per heavy atom. The molecule has 122 valence electrons. The van der Waals surface area contributed by atoms with Crippen LogP contribution in [0.5, 0.6) is 0 Å². The smallest absolute Gasteiger partial charge is 0.195 e. The lowest BCUT2D eigenvalue weighted by molar-refractivity contribution is 0.104. The fraction of sp³-hybridized carbons (Fsp3) is 0.278. The number of anilines is 1. The summed E-state index contributed by atoms with van der Waals surface area (Å²) in [5.41, 5.74) is 8.12. The van der Waals surface area contributed by atoms with Crippen molar-refractivity contribution in [2.45, 2.75) is 31.7 Å². The van der Waals surface area contributed by atoms with Gasteiger partial charge in [-0.1, -0.05) is 25.0 Å². The first-order chi connectivity index (χ1) is 11.6. The molecule has 0 aliphatic heterocycles. The molecule has 2 N–H and O–H groups in total. The zero-order valence-corrected chi connectivity index (χ0v) is 15.2. The summed E-state index contributed by atoms with van der Waals surface area (Å²) in [5, 5.41) is 0.674.